The van der Waals surface area contributed by atoms with Crippen LogP contribution in [0, 0.1) is 5.82 Å². The Morgan fingerprint density at radius 1 is 0.879 bits per heavy atom. The van der Waals surface area contributed by atoms with E-state index in [0.717, 1.165) is 17.7 Å². The lowest BCUT2D eigenvalue weighted by molar-refractivity contribution is -0.176. The van der Waals surface area contributed by atoms with E-state index in [1.807, 2.05) is 30.3 Å². The van der Waals surface area contributed by atoms with Gasteiger partial charge in [0.1, 0.15) is 17.5 Å². The molecule has 0 aromatic heterocycles. The Morgan fingerprint density at radius 3 is 2.39 bits per heavy atom. The molecule has 1 saturated heterocycles. The molecule has 174 valence electrons. The molecule has 33 heavy (non-hydrogen) atoms. The standard InChI is InChI=1S/C25H22Cl4FNO2/c26-19-5-3-18(4-6-19)25(33-15-17-2-7-20(30)12-22(17)28)9-10-31-13-24(25)32-14-16-1-8-21(27)23(29)11-16/h1-8,11-12,24,31H,9-10,13-15H2. The Morgan fingerprint density at radius 2 is 1.67 bits per heavy atom. The van der Waals surface area contributed by atoms with Crippen LogP contribution in [-0.4, -0.2) is 19.2 Å². The molecular weight excluding hydrogens is 507 g/mol. The molecule has 0 saturated carbocycles. The minimum atomic E-state index is -0.760. The van der Waals surface area contributed by atoms with E-state index in [4.69, 9.17) is 55.9 Å². The Kier molecular flexibility index (Phi) is 8.19. The van der Waals surface area contributed by atoms with Crippen LogP contribution in [0.1, 0.15) is 23.1 Å². The van der Waals surface area contributed by atoms with Gasteiger partial charge in [0.05, 0.1) is 23.3 Å². The van der Waals surface area contributed by atoms with E-state index in [9.17, 15) is 4.39 Å². The second-order valence-corrected chi connectivity index (χ2v) is 9.58. The number of piperidine rings is 1. The Labute approximate surface area is 212 Å². The summed E-state index contributed by atoms with van der Waals surface area (Å²) in [5.74, 6) is -0.388. The minimum absolute atomic E-state index is 0.203. The zero-order valence-electron chi connectivity index (χ0n) is 17.6. The average molecular weight is 529 g/mol. The molecule has 1 aliphatic rings. The second kappa shape index (κ2) is 10.9. The highest BCUT2D eigenvalue weighted by Crippen LogP contribution is 2.39. The summed E-state index contributed by atoms with van der Waals surface area (Å²) in [7, 11) is 0. The summed E-state index contributed by atoms with van der Waals surface area (Å²) in [6.07, 6.45) is 0.348. The van der Waals surface area contributed by atoms with Crippen LogP contribution >= 0.6 is 46.4 Å². The molecule has 0 amide bonds. The number of benzene rings is 3. The average Bonchev–Trinajstić information content (AvgIpc) is 2.80. The van der Waals surface area contributed by atoms with E-state index in [2.05, 4.69) is 5.32 Å². The van der Waals surface area contributed by atoms with Crippen LogP contribution in [0.25, 0.3) is 0 Å². The molecule has 1 N–H and O–H groups in total. The van der Waals surface area contributed by atoms with Gasteiger partial charge in [0.15, 0.2) is 0 Å². The summed E-state index contributed by atoms with van der Waals surface area (Å²) in [6.45, 7) is 1.86. The fourth-order valence-electron chi connectivity index (χ4n) is 4.01. The molecule has 0 aliphatic carbocycles. The van der Waals surface area contributed by atoms with Gasteiger partial charge in [-0.2, -0.15) is 0 Å². The maximum atomic E-state index is 13.5. The van der Waals surface area contributed by atoms with Crippen LogP contribution in [0.2, 0.25) is 20.1 Å². The van der Waals surface area contributed by atoms with E-state index < -0.39 is 5.60 Å². The van der Waals surface area contributed by atoms with Crippen molar-refractivity contribution >= 4 is 46.4 Å². The number of ether oxygens (including phenoxy) is 2. The van der Waals surface area contributed by atoms with E-state index in [0.29, 0.717) is 45.2 Å². The van der Waals surface area contributed by atoms with Crippen LogP contribution in [0.15, 0.2) is 60.7 Å². The molecule has 1 aliphatic heterocycles. The van der Waals surface area contributed by atoms with E-state index in [1.54, 1.807) is 18.2 Å². The summed E-state index contributed by atoms with van der Waals surface area (Å²) < 4.78 is 26.5. The van der Waals surface area contributed by atoms with Gasteiger partial charge in [0, 0.05) is 16.6 Å². The lowest BCUT2D eigenvalue weighted by atomic mass is 9.82. The number of hydrogen-bond acceptors (Lipinski definition) is 3. The van der Waals surface area contributed by atoms with E-state index in [1.165, 1.54) is 12.1 Å². The summed E-state index contributed by atoms with van der Waals surface area (Å²) in [6, 6.07) is 17.3. The van der Waals surface area contributed by atoms with Gasteiger partial charge in [-0.3, -0.25) is 0 Å². The summed E-state index contributed by atoms with van der Waals surface area (Å²) in [5, 5.41) is 5.32. The quantitative estimate of drug-likeness (QED) is 0.346. The number of halogens is 5. The first-order valence-electron chi connectivity index (χ1n) is 10.5. The molecule has 3 aromatic carbocycles. The molecule has 0 spiro atoms. The maximum absolute atomic E-state index is 13.5. The fraction of sp³-hybridized carbons (Fsp3) is 0.280. The predicted molar refractivity (Wildman–Crippen MR) is 132 cm³/mol. The summed E-state index contributed by atoms with van der Waals surface area (Å²) >= 11 is 24.6. The third-order valence-corrected chi connectivity index (χ3v) is 7.13. The lowest BCUT2D eigenvalue weighted by Gasteiger charge is -2.44. The van der Waals surface area contributed by atoms with Crippen LogP contribution in [0.4, 0.5) is 4.39 Å². The van der Waals surface area contributed by atoms with Crippen molar-refractivity contribution in [3.63, 3.8) is 0 Å². The van der Waals surface area contributed by atoms with Gasteiger partial charge in [0.25, 0.3) is 0 Å². The SMILES string of the molecule is Fc1ccc(COC2(c3ccc(Cl)cc3)CCNCC2OCc2ccc(Cl)c(Cl)c2)c(Cl)c1. The maximum Gasteiger partial charge on any atom is 0.124 e. The number of nitrogens with one attached hydrogen (secondary N) is 1. The zero-order chi connectivity index (χ0) is 23.4. The highest BCUT2D eigenvalue weighted by molar-refractivity contribution is 6.42. The Hall–Kier alpha value is -1.37. The molecule has 2 unspecified atom stereocenters. The van der Waals surface area contributed by atoms with Crippen molar-refractivity contribution in [1.82, 2.24) is 5.32 Å². The molecule has 3 aromatic rings. The van der Waals surface area contributed by atoms with Gasteiger partial charge in [0.2, 0.25) is 0 Å². The molecular formula is C25H22Cl4FNO2. The Balaban J connectivity index is 1.62. The van der Waals surface area contributed by atoms with Crippen LogP contribution in [-0.2, 0) is 28.3 Å². The van der Waals surface area contributed by atoms with E-state index >= 15 is 0 Å². The minimum Gasteiger partial charge on any atom is -0.369 e. The van der Waals surface area contributed by atoms with Gasteiger partial charge in [-0.1, -0.05) is 70.7 Å². The topological polar surface area (TPSA) is 30.5 Å². The molecule has 4 rings (SSSR count). The van der Waals surface area contributed by atoms with E-state index in [-0.39, 0.29) is 18.5 Å². The molecule has 3 nitrogen and oxygen atoms in total. The van der Waals surface area contributed by atoms with Crippen molar-refractivity contribution in [1.29, 1.82) is 0 Å². The smallest absolute Gasteiger partial charge is 0.124 e. The van der Waals surface area contributed by atoms with Crippen molar-refractivity contribution in [2.45, 2.75) is 31.3 Å². The van der Waals surface area contributed by atoms with Crippen molar-refractivity contribution in [3.8, 4) is 0 Å². The largest absolute Gasteiger partial charge is 0.369 e. The highest BCUT2D eigenvalue weighted by Gasteiger charge is 2.44. The second-order valence-electron chi connectivity index (χ2n) is 7.92. The first-order chi connectivity index (χ1) is 15.9. The molecule has 0 bridgehead atoms. The fourth-order valence-corrected chi connectivity index (χ4v) is 4.68. The van der Waals surface area contributed by atoms with Gasteiger partial charge in [-0.15, -0.1) is 0 Å². The van der Waals surface area contributed by atoms with Gasteiger partial charge < -0.3 is 14.8 Å². The predicted octanol–water partition coefficient (Wildman–Crippen LogP) is 7.43. The monoisotopic (exact) mass is 527 g/mol. The van der Waals surface area contributed by atoms with Crippen LogP contribution < -0.4 is 5.32 Å². The van der Waals surface area contributed by atoms with Gasteiger partial charge in [-0.05, 0) is 66.1 Å². The molecule has 8 heteroatoms. The number of hydrogen-bond donors (Lipinski definition) is 1. The summed E-state index contributed by atoms with van der Waals surface area (Å²) in [4.78, 5) is 0. The van der Waals surface area contributed by atoms with Crippen molar-refractivity contribution in [3.05, 3.63) is 103 Å². The summed E-state index contributed by atoms with van der Waals surface area (Å²) in [5.41, 5.74) is 1.80. The Bertz CT molecular complexity index is 1110. The molecule has 0 radical (unpaired) electrons. The zero-order valence-corrected chi connectivity index (χ0v) is 20.6. The lowest BCUT2D eigenvalue weighted by Crippen LogP contribution is -2.54. The van der Waals surface area contributed by atoms with Crippen LogP contribution in [0.3, 0.4) is 0 Å². The highest BCUT2D eigenvalue weighted by atomic mass is 35.5. The third kappa shape index (κ3) is 5.83. The molecule has 2 atom stereocenters. The van der Waals surface area contributed by atoms with Crippen LogP contribution in [0.5, 0.6) is 0 Å². The van der Waals surface area contributed by atoms with Gasteiger partial charge >= 0.3 is 0 Å². The normalized spacial score (nSPS) is 20.7. The van der Waals surface area contributed by atoms with Gasteiger partial charge in [-0.25, -0.2) is 4.39 Å². The first-order valence-corrected chi connectivity index (χ1v) is 12.0. The molecule has 1 fully saturated rings. The molecule has 1 heterocycles. The van der Waals surface area contributed by atoms with Crippen molar-refractivity contribution in [2.75, 3.05) is 13.1 Å². The van der Waals surface area contributed by atoms with Crippen molar-refractivity contribution in [2.24, 2.45) is 0 Å². The third-order valence-electron chi connectivity index (χ3n) is 5.79. The van der Waals surface area contributed by atoms with Crippen molar-refractivity contribution < 1.29 is 13.9 Å². The first kappa shape index (κ1) is 24.7. The number of rotatable bonds is 7.